The van der Waals surface area contributed by atoms with Crippen molar-refractivity contribution in [2.24, 2.45) is 0 Å². The lowest BCUT2D eigenvalue weighted by Crippen LogP contribution is -2.30. The summed E-state index contributed by atoms with van der Waals surface area (Å²) in [6, 6.07) is 0. The molecule has 0 aromatic heterocycles. The monoisotopic (exact) mass is 1100 g/mol. The lowest BCUT2D eigenvalue weighted by Gasteiger charge is -2.18. The third kappa shape index (κ3) is 64.7. The summed E-state index contributed by atoms with van der Waals surface area (Å²) in [7, 11) is 0. The van der Waals surface area contributed by atoms with Crippen molar-refractivity contribution in [1.82, 2.24) is 0 Å². The number of ether oxygens (including phenoxy) is 3. The van der Waals surface area contributed by atoms with Crippen LogP contribution >= 0.6 is 0 Å². The highest BCUT2D eigenvalue weighted by atomic mass is 16.6. The number of allylic oxidation sites excluding steroid dienone is 4. The highest BCUT2D eigenvalue weighted by Crippen LogP contribution is 2.19. The zero-order valence-electron chi connectivity index (χ0n) is 53.0. The van der Waals surface area contributed by atoms with Gasteiger partial charge in [0.25, 0.3) is 0 Å². The van der Waals surface area contributed by atoms with E-state index in [0.717, 1.165) is 64.2 Å². The Balaban J connectivity index is 4.30. The second-order valence-electron chi connectivity index (χ2n) is 24.2. The van der Waals surface area contributed by atoms with E-state index in [4.69, 9.17) is 14.2 Å². The van der Waals surface area contributed by atoms with E-state index in [1.54, 1.807) is 0 Å². The molecule has 0 aromatic carbocycles. The second-order valence-corrected chi connectivity index (χ2v) is 24.2. The summed E-state index contributed by atoms with van der Waals surface area (Å²) in [5, 5.41) is 0. The van der Waals surface area contributed by atoms with Crippen LogP contribution in [0.4, 0.5) is 0 Å². The van der Waals surface area contributed by atoms with Crippen molar-refractivity contribution in [2.75, 3.05) is 13.2 Å². The van der Waals surface area contributed by atoms with Crippen molar-refractivity contribution in [2.45, 2.75) is 406 Å². The van der Waals surface area contributed by atoms with Crippen LogP contribution in [0.2, 0.25) is 0 Å². The van der Waals surface area contributed by atoms with E-state index in [0.29, 0.717) is 19.3 Å². The first-order valence-electron chi connectivity index (χ1n) is 35.3. The Hall–Kier alpha value is -2.11. The average molecular weight is 1100 g/mol. The number of carbonyl (C=O) groups is 3. The molecule has 0 N–H and O–H groups in total. The quantitative estimate of drug-likeness (QED) is 0.0261. The standard InChI is InChI=1S/C72H136O6/c1-4-7-10-13-16-19-22-25-28-31-34-36-39-41-44-47-50-53-56-59-62-65-71(74)77-68-69(67-76-70(73)64-61-58-55-52-49-46-43-40-37-33-30-27-24-21-18-15-12-9-6-3)78-72(75)66-63-60-57-54-51-48-45-42-38-35-32-29-26-23-20-17-14-11-8-5-2/h18,21,27,30,69H,4-17,19-20,22-26,28-29,31-68H2,1-3H3/b21-18-,30-27-. The van der Waals surface area contributed by atoms with Gasteiger partial charge < -0.3 is 14.2 Å². The Morgan fingerprint density at radius 2 is 0.462 bits per heavy atom. The highest BCUT2D eigenvalue weighted by molar-refractivity contribution is 5.71. The van der Waals surface area contributed by atoms with Gasteiger partial charge in [0.1, 0.15) is 13.2 Å². The molecule has 460 valence electrons. The summed E-state index contributed by atoms with van der Waals surface area (Å²) in [4.78, 5) is 38.5. The maximum atomic E-state index is 13.0. The van der Waals surface area contributed by atoms with Crippen molar-refractivity contribution in [3.05, 3.63) is 24.3 Å². The minimum atomic E-state index is -0.770. The Kier molecular flexibility index (Phi) is 65.6. The molecule has 0 rings (SSSR count). The minimum Gasteiger partial charge on any atom is -0.462 e. The Labute approximate surface area is 487 Å². The summed E-state index contributed by atoms with van der Waals surface area (Å²) >= 11 is 0. The predicted molar refractivity (Wildman–Crippen MR) is 340 cm³/mol. The van der Waals surface area contributed by atoms with Gasteiger partial charge in [0.05, 0.1) is 0 Å². The number of carbonyl (C=O) groups excluding carboxylic acids is 3. The number of esters is 3. The summed E-state index contributed by atoms with van der Waals surface area (Å²) in [6.07, 6.45) is 82.0. The number of hydrogen-bond donors (Lipinski definition) is 0. The molecule has 6 nitrogen and oxygen atoms in total. The zero-order chi connectivity index (χ0) is 56.4. The Morgan fingerprint density at radius 3 is 0.731 bits per heavy atom. The maximum absolute atomic E-state index is 13.0. The smallest absolute Gasteiger partial charge is 0.306 e. The molecular weight excluding hydrogens is 961 g/mol. The summed E-state index contributed by atoms with van der Waals surface area (Å²) in [5.41, 5.74) is 0. The van der Waals surface area contributed by atoms with Crippen LogP contribution in [-0.2, 0) is 28.6 Å². The molecule has 0 aromatic rings. The molecule has 1 atom stereocenters. The topological polar surface area (TPSA) is 78.9 Å². The molecule has 0 saturated heterocycles. The first-order chi connectivity index (χ1) is 38.5. The molecule has 0 aliphatic heterocycles. The van der Waals surface area contributed by atoms with Gasteiger partial charge in [0.2, 0.25) is 0 Å². The summed E-state index contributed by atoms with van der Waals surface area (Å²) in [5.74, 6) is -0.835. The number of rotatable bonds is 66. The molecule has 78 heavy (non-hydrogen) atoms. The molecule has 0 amide bonds. The number of hydrogen-bond acceptors (Lipinski definition) is 6. The molecule has 0 spiro atoms. The zero-order valence-corrected chi connectivity index (χ0v) is 53.0. The summed E-state index contributed by atoms with van der Waals surface area (Å²) in [6.45, 7) is 6.71. The van der Waals surface area contributed by atoms with E-state index >= 15 is 0 Å². The van der Waals surface area contributed by atoms with Gasteiger partial charge in [0.15, 0.2) is 6.10 Å². The molecule has 0 fully saturated rings. The lowest BCUT2D eigenvalue weighted by molar-refractivity contribution is -0.167. The van der Waals surface area contributed by atoms with Crippen LogP contribution in [0.15, 0.2) is 24.3 Å². The lowest BCUT2D eigenvalue weighted by atomic mass is 10.0. The fraction of sp³-hybridized carbons (Fsp3) is 0.903. The normalized spacial score (nSPS) is 12.1. The maximum Gasteiger partial charge on any atom is 0.306 e. The number of unbranched alkanes of at least 4 members (excludes halogenated alkanes) is 51. The van der Waals surface area contributed by atoms with E-state index in [1.165, 1.54) is 295 Å². The van der Waals surface area contributed by atoms with E-state index in [-0.39, 0.29) is 31.1 Å². The molecule has 0 saturated carbocycles. The highest BCUT2D eigenvalue weighted by Gasteiger charge is 2.19. The van der Waals surface area contributed by atoms with Crippen LogP contribution in [0, 0.1) is 0 Å². The van der Waals surface area contributed by atoms with Crippen molar-refractivity contribution < 1.29 is 28.6 Å². The first kappa shape index (κ1) is 75.9. The predicted octanol–water partition coefficient (Wildman–Crippen LogP) is 24.2. The van der Waals surface area contributed by atoms with Gasteiger partial charge in [-0.2, -0.15) is 0 Å². The van der Waals surface area contributed by atoms with Gasteiger partial charge in [-0.15, -0.1) is 0 Å². The fourth-order valence-electron chi connectivity index (χ4n) is 10.9. The van der Waals surface area contributed by atoms with E-state index in [2.05, 4.69) is 45.1 Å². The SMILES string of the molecule is CCCCC/C=C\C/C=C\CCCCCCCCCCCC(=O)OCC(COC(=O)CCCCCCCCCCCCCCCCCCCCCCC)OC(=O)CCCCCCCCCCCCCCCCCCCCCC. The van der Waals surface area contributed by atoms with Crippen LogP contribution in [0.25, 0.3) is 0 Å². The van der Waals surface area contributed by atoms with Crippen molar-refractivity contribution >= 4 is 17.9 Å². The largest absolute Gasteiger partial charge is 0.462 e. The molecule has 1 unspecified atom stereocenters. The van der Waals surface area contributed by atoms with Gasteiger partial charge in [-0.3, -0.25) is 14.4 Å². The molecule has 0 bridgehead atoms. The van der Waals surface area contributed by atoms with Crippen LogP contribution < -0.4 is 0 Å². The van der Waals surface area contributed by atoms with Gasteiger partial charge >= 0.3 is 17.9 Å². The van der Waals surface area contributed by atoms with E-state index in [1.807, 2.05) is 0 Å². The van der Waals surface area contributed by atoms with Crippen LogP contribution in [-0.4, -0.2) is 37.2 Å². The third-order valence-corrected chi connectivity index (χ3v) is 16.2. The third-order valence-electron chi connectivity index (χ3n) is 16.2. The molecule has 0 heterocycles. The van der Waals surface area contributed by atoms with Crippen molar-refractivity contribution in [3.63, 3.8) is 0 Å². The Morgan fingerprint density at radius 1 is 0.256 bits per heavy atom. The second kappa shape index (κ2) is 67.4. The van der Waals surface area contributed by atoms with Crippen LogP contribution in [0.5, 0.6) is 0 Å². The van der Waals surface area contributed by atoms with Gasteiger partial charge in [-0.25, -0.2) is 0 Å². The fourth-order valence-corrected chi connectivity index (χ4v) is 10.9. The van der Waals surface area contributed by atoms with Gasteiger partial charge in [0, 0.05) is 19.3 Å². The summed E-state index contributed by atoms with van der Waals surface area (Å²) < 4.78 is 17.0. The van der Waals surface area contributed by atoms with Crippen LogP contribution in [0.3, 0.4) is 0 Å². The Bertz CT molecular complexity index is 1260. The van der Waals surface area contributed by atoms with Gasteiger partial charge in [-0.1, -0.05) is 353 Å². The molecule has 0 aliphatic rings. The minimum absolute atomic E-state index is 0.0656. The van der Waals surface area contributed by atoms with Gasteiger partial charge in [-0.05, 0) is 51.4 Å². The van der Waals surface area contributed by atoms with Crippen molar-refractivity contribution in [1.29, 1.82) is 0 Å². The van der Waals surface area contributed by atoms with Crippen LogP contribution in [0.1, 0.15) is 400 Å². The van der Waals surface area contributed by atoms with E-state index < -0.39 is 6.10 Å². The molecule has 0 radical (unpaired) electrons. The van der Waals surface area contributed by atoms with Crippen molar-refractivity contribution in [3.8, 4) is 0 Å². The molecule has 6 heteroatoms. The molecular formula is C72H136O6. The van der Waals surface area contributed by atoms with E-state index in [9.17, 15) is 14.4 Å². The average Bonchev–Trinajstić information content (AvgIpc) is 3.44. The first-order valence-corrected chi connectivity index (χ1v) is 35.3. The molecule has 0 aliphatic carbocycles.